The van der Waals surface area contributed by atoms with E-state index in [9.17, 15) is 13.2 Å². The van der Waals surface area contributed by atoms with Gasteiger partial charge in [-0.25, -0.2) is 8.42 Å². The van der Waals surface area contributed by atoms with Gasteiger partial charge in [-0.2, -0.15) is 0 Å². The number of nitrogens with zero attached hydrogens (tertiary/aromatic N) is 3. The number of rotatable bonds is 5. The normalized spacial score (nSPS) is 22.8. The molecule has 1 N–H and O–H groups in total. The maximum atomic E-state index is 12.2. The second kappa shape index (κ2) is 10.8. The predicted octanol–water partition coefficient (Wildman–Crippen LogP) is 1.87. The van der Waals surface area contributed by atoms with Crippen molar-refractivity contribution in [2.75, 3.05) is 45.0 Å². The van der Waals surface area contributed by atoms with E-state index in [4.69, 9.17) is 0 Å². The van der Waals surface area contributed by atoms with E-state index < -0.39 is 14.6 Å². The molecule has 0 aromatic rings. The summed E-state index contributed by atoms with van der Waals surface area (Å²) in [6, 6.07) is 0. The number of sulfone groups is 1. The predicted molar refractivity (Wildman–Crippen MR) is 120 cm³/mol. The third kappa shape index (κ3) is 6.76. The summed E-state index contributed by atoms with van der Waals surface area (Å²) in [5, 5.41) is 3.28. The lowest BCUT2D eigenvalue weighted by atomic mass is 10.2. The lowest BCUT2D eigenvalue weighted by Gasteiger charge is -2.39. The van der Waals surface area contributed by atoms with Crippen LogP contribution in [0.15, 0.2) is 4.99 Å². The zero-order chi connectivity index (χ0) is 19.2. The van der Waals surface area contributed by atoms with Gasteiger partial charge in [0.25, 0.3) is 0 Å². The number of nitrogens with one attached hydrogen (secondary N) is 1. The first-order valence-corrected chi connectivity index (χ1v) is 11.5. The lowest BCUT2D eigenvalue weighted by Crippen LogP contribution is -2.57. The number of carbonyl (C=O) groups excluding carboxylic acids is 1. The standard InChI is InChI=1S/C18H34N4O3S.HI/c1-4-19-17(22-13-14-26(24,25)18(2,3)15-22)20-10-8-12-21-11-7-5-6-9-16(21)23;/h4-15H2,1-3H3,(H,19,20);1H. The molecule has 0 radical (unpaired) electrons. The van der Waals surface area contributed by atoms with Gasteiger partial charge in [0.2, 0.25) is 5.91 Å². The number of hydrogen-bond donors (Lipinski definition) is 1. The number of amides is 1. The highest BCUT2D eigenvalue weighted by molar-refractivity contribution is 14.0. The largest absolute Gasteiger partial charge is 0.357 e. The number of aliphatic imine (C=N–C) groups is 1. The van der Waals surface area contributed by atoms with Gasteiger partial charge in [0.1, 0.15) is 0 Å². The maximum absolute atomic E-state index is 12.2. The molecule has 2 rings (SSSR count). The van der Waals surface area contributed by atoms with Gasteiger partial charge < -0.3 is 15.1 Å². The summed E-state index contributed by atoms with van der Waals surface area (Å²) in [5.41, 5.74) is 0. The van der Waals surface area contributed by atoms with Crippen LogP contribution < -0.4 is 5.32 Å². The van der Waals surface area contributed by atoms with E-state index in [2.05, 4.69) is 10.3 Å². The Morgan fingerprint density at radius 2 is 1.96 bits per heavy atom. The van der Waals surface area contributed by atoms with E-state index in [0.29, 0.717) is 26.1 Å². The fraction of sp³-hybridized carbons (Fsp3) is 0.889. The Hall–Kier alpha value is -0.580. The van der Waals surface area contributed by atoms with Crippen LogP contribution in [0.25, 0.3) is 0 Å². The first-order valence-electron chi connectivity index (χ1n) is 9.80. The number of hydrogen-bond acceptors (Lipinski definition) is 4. The van der Waals surface area contributed by atoms with Gasteiger partial charge >= 0.3 is 0 Å². The van der Waals surface area contributed by atoms with Gasteiger partial charge in [0, 0.05) is 45.7 Å². The van der Waals surface area contributed by atoms with Crippen LogP contribution in [0, 0.1) is 0 Å². The number of guanidine groups is 1. The molecule has 158 valence electrons. The highest BCUT2D eigenvalue weighted by atomic mass is 127. The minimum absolute atomic E-state index is 0. The smallest absolute Gasteiger partial charge is 0.222 e. The monoisotopic (exact) mass is 514 g/mol. The molecule has 2 aliphatic rings. The quantitative estimate of drug-likeness (QED) is 0.262. The molecule has 2 saturated heterocycles. The summed E-state index contributed by atoms with van der Waals surface area (Å²) >= 11 is 0. The first-order chi connectivity index (χ1) is 12.3. The van der Waals surface area contributed by atoms with Gasteiger partial charge in [-0.3, -0.25) is 9.79 Å². The van der Waals surface area contributed by atoms with Gasteiger partial charge in [0.05, 0.1) is 10.5 Å². The van der Waals surface area contributed by atoms with Crippen molar-refractivity contribution < 1.29 is 13.2 Å². The zero-order valence-corrected chi connectivity index (χ0v) is 20.0. The van der Waals surface area contributed by atoms with Crippen molar-refractivity contribution in [3.05, 3.63) is 0 Å². The molecule has 0 spiro atoms. The van der Waals surface area contributed by atoms with Crippen LogP contribution in [0.2, 0.25) is 0 Å². The summed E-state index contributed by atoms with van der Waals surface area (Å²) in [6.45, 7) is 9.49. The molecule has 27 heavy (non-hydrogen) atoms. The fourth-order valence-electron chi connectivity index (χ4n) is 3.47. The molecular formula is C18H35IN4O3S. The molecule has 9 heteroatoms. The van der Waals surface area contributed by atoms with Crippen LogP contribution in [0.3, 0.4) is 0 Å². The minimum Gasteiger partial charge on any atom is -0.357 e. The molecule has 0 aliphatic carbocycles. The Bertz CT molecular complexity index is 622. The van der Waals surface area contributed by atoms with Crippen molar-refractivity contribution in [1.29, 1.82) is 0 Å². The van der Waals surface area contributed by atoms with Crippen LogP contribution in [0.5, 0.6) is 0 Å². The third-order valence-corrected chi connectivity index (χ3v) is 7.73. The minimum atomic E-state index is -3.06. The SMILES string of the molecule is CCNC(=NCCCN1CCCCCC1=O)N1CCS(=O)(=O)C(C)(C)C1.I. The number of halogens is 1. The fourth-order valence-corrected chi connectivity index (χ4v) is 4.84. The molecule has 2 heterocycles. The maximum Gasteiger partial charge on any atom is 0.222 e. The topological polar surface area (TPSA) is 82.1 Å². The molecule has 0 atom stereocenters. The zero-order valence-electron chi connectivity index (χ0n) is 16.9. The van der Waals surface area contributed by atoms with Crippen molar-refractivity contribution in [1.82, 2.24) is 15.1 Å². The van der Waals surface area contributed by atoms with Gasteiger partial charge in [-0.05, 0) is 40.0 Å². The van der Waals surface area contributed by atoms with E-state index in [-0.39, 0.29) is 35.6 Å². The molecule has 7 nitrogen and oxygen atoms in total. The Morgan fingerprint density at radius 1 is 1.22 bits per heavy atom. The van der Waals surface area contributed by atoms with Crippen LogP contribution in [0.1, 0.15) is 52.9 Å². The third-order valence-electron chi connectivity index (χ3n) is 5.20. The van der Waals surface area contributed by atoms with Crippen molar-refractivity contribution in [3.63, 3.8) is 0 Å². The summed E-state index contributed by atoms with van der Waals surface area (Å²) in [7, 11) is -3.06. The van der Waals surface area contributed by atoms with Crippen LogP contribution >= 0.6 is 24.0 Å². The van der Waals surface area contributed by atoms with E-state index in [1.807, 2.05) is 16.7 Å². The number of likely N-dealkylation sites (tertiary alicyclic amines) is 1. The van der Waals surface area contributed by atoms with Gasteiger partial charge in [0.15, 0.2) is 15.8 Å². The van der Waals surface area contributed by atoms with Crippen LogP contribution in [-0.4, -0.2) is 79.9 Å². The molecule has 0 saturated carbocycles. The Balaban J connectivity index is 0.00000364. The average Bonchev–Trinajstić information content (AvgIpc) is 2.77. The molecular weight excluding hydrogens is 479 g/mol. The molecule has 1 amide bonds. The Kier molecular flexibility index (Phi) is 9.81. The summed E-state index contributed by atoms with van der Waals surface area (Å²) < 4.78 is 23.6. The van der Waals surface area contributed by atoms with Crippen LogP contribution in [-0.2, 0) is 14.6 Å². The van der Waals surface area contributed by atoms with E-state index in [1.165, 1.54) is 0 Å². The molecule has 2 aliphatic heterocycles. The van der Waals surface area contributed by atoms with Crippen molar-refractivity contribution in [2.45, 2.75) is 57.6 Å². The molecule has 0 unspecified atom stereocenters. The average molecular weight is 514 g/mol. The molecule has 0 aromatic carbocycles. The van der Waals surface area contributed by atoms with E-state index in [0.717, 1.165) is 51.3 Å². The Labute approximate surface area is 181 Å². The molecule has 0 aromatic heterocycles. The van der Waals surface area contributed by atoms with Gasteiger partial charge in [-0.15, -0.1) is 24.0 Å². The second-order valence-corrected chi connectivity index (χ2v) is 10.5. The molecule has 0 bridgehead atoms. The summed E-state index contributed by atoms with van der Waals surface area (Å²) in [4.78, 5) is 20.7. The highest BCUT2D eigenvalue weighted by Gasteiger charge is 2.40. The Morgan fingerprint density at radius 3 is 2.63 bits per heavy atom. The van der Waals surface area contributed by atoms with Gasteiger partial charge in [-0.1, -0.05) is 6.42 Å². The number of carbonyl (C=O) groups is 1. The first kappa shape index (κ1) is 24.5. The van der Waals surface area contributed by atoms with Crippen molar-refractivity contribution in [3.8, 4) is 0 Å². The van der Waals surface area contributed by atoms with E-state index in [1.54, 1.807) is 13.8 Å². The highest BCUT2D eigenvalue weighted by Crippen LogP contribution is 2.23. The van der Waals surface area contributed by atoms with Crippen molar-refractivity contribution >= 4 is 45.7 Å². The second-order valence-electron chi connectivity index (χ2n) is 7.78. The summed E-state index contributed by atoms with van der Waals surface area (Å²) in [6.07, 6.45) is 4.73. The summed E-state index contributed by atoms with van der Waals surface area (Å²) in [5.74, 6) is 1.20. The van der Waals surface area contributed by atoms with Crippen LogP contribution in [0.4, 0.5) is 0 Å². The molecule has 2 fully saturated rings. The van der Waals surface area contributed by atoms with E-state index >= 15 is 0 Å². The van der Waals surface area contributed by atoms with Crippen molar-refractivity contribution in [2.24, 2.45) is 4.99 Å². The lowest BCUT2D eigenvalue weighted by molar-refractivity contribution is -0.130.